The van der Waals surface area contributed by atoms with Gasteiger partial charge in [-0.1, -0.05) is 12.1 Å². The number of aliphatic carboxylic acids is 1. The highest BCUT2D eigenvalue weighted by Crippen LogP contribution is 2.25. The molecule has 0 spiro atoms. The lowest BCUT2D eigenvalue weighted by atomic mass is 9.90. The Morgan fingerprint density at radius 1 is 1.33 bits per heavy atom. The summed E-state index contributed by atoms with van der Waals surface area (Å²) in [5.41, 5.74) is 1.48. The van der Waals surface area contributed by atoms with Crippen LogP contribution in [-0.2, 0) is 11.3 Å². The van der Waals surface area contributed by atoms with E-state index >= 15 is 0 Å². The number of nitrogens with zero attached hydrogens (tertiary/aromatic N) is 1. The van der Waals surface area contributed by atoms with Gasteiger partial charge in [-0.3, -0.25) is 9.78 Å². The lowest BCUT2D eigenvalue weighted by molar-refractivity contribution is -0.147. The summed E-state index contributed by atoms with van der Waals surface area (Å²) >= 11 is 0. The van der Waals surface area contributed by atoms with Crippen LogP contribution in [0.5, 0.6) is 11.5 Å². The van der Waals surface area contributed by atoms with Crippen LogP contribution in [0.15, 0.2) is 42.7 Å². The van der Waals surface area contributed by atoms with Crippen LogP contribution < -0.4 is 10.1 Å². The average Bonchev–Trinajstić information content (AvgIpc) is 2.55. The number of rotatable bonds is 8. The Morgan fingerprint density at radius 2 is 2.12 bits per heavy atom. The molecular formula is C19H24N2O3. The van der Waals surface area contributed by atoms with Crippen LogP contribution in [0.2, 0.25) is 0 Å². The zero-order chi connectivity index (χ0) is 17.6. The number of pyridine rings is 1. The maximum absolute atomic E-state index is 11.1. The molecule has 1 aromatic carbocycles. The Hall–Kier alpha value is -2.40. The molecule has 24 heavy (non-hydrogen) atoms. The summed E-state index contributed by atoms with van der Waals surface area (Å²) in [6, 6.07) is 9.73. The second-order valence-corrected chi connectivity index (χ2v) is 6.51. The number of carboxylic acids is 1. The van der Waals surface area contributed by atoms with Crippen molar-refractivity contribution in [2.24, 2.45) is 5.41 Å². The van der Waals surface area contributed by atoms with E-state index in [-0.39, 0.29) is 0 Å². The number of benzene rings is 1. The topological polar surface area (TPSA) is 71.5 Å². The van der Waals surface area contributed by atoms with Crippen LogP contribution in [0, 0.1) is 12.3 Å². The van der Waals surface area contributed by atoms with Gasteiger partial charge in [0.25, 0.3) is 0 Å². The molecule has 0 bridgehead atoms. The van der Waals surface area contributed by atoms with Crippen LogP contribution in [-0.4, -0.2) is 22.6 Å². The van der Waals surface area contributed by atoms with E-state index in [4.69, 9.17) is 9.84 Å². The minimum Gasteiger partial charge on any atom is -0.481 e. The number of ether oxygens (including phenoxy) is 1. The lowest BCUT2D eigenvalue weighted by Crippen LogP contribution is -2.28. The molecule has 0 aliphatic carbocycles. The highest BCUT2D eigenvalue weighted by atomic mass is 16.5. The molecule has 1 heterocycles. The van der Waals surface area contributed by atoms with Crippen molar-refractivity contribution in [2.45, 2.75) is 33.7 Å². The van der Waals surface area contributed by atoms with E-state index in [1.165, 1.54) is 0 Å². The van der Waals surface area contributed by atoms with Crippen molar-refractivity contribution in [3.05, 3.63) is 53.9 Å². The van der Waals surface area contributed by atoms with Crippen LogP contribution in [0.4, 0.5) is 0 Å². The maximum Gasteiger partial charge on any atom is 0.309 e. The molecule has 0 fully saturated rings. The predicted octanol–water partition coefficient (Wildman–Crippen LogP) is 3.77. The molecule has 2 N–H and O–H groups in total. The van der Waals surface area contributed by atoms with Crippen LogP contribution >= 0.6 is 0 Å². The molecule has 2 aromatic rings. The van der Waals surface area contributed by atoms with Gasteiger partial charge in [0, 0.05) is 12.7 Å². The Kier molecular flexibility index (Phi) is 5.93. The highest BCUT2D eigenvalue weighted by molar-refractivity contribution is 5.73. The van der Waals surface area contributed by atoms with Gasteiger partial charge in [0.1, 0.15) is 11.5 Å². The van der Waals surface area contributed by atoms with E-state index in [2.05, 4.69) is 16.4 Å². The maximum atomic E-state index is 11.1. The van der Waals surface area contributed by atoms with Gasteiger partial charge in [-0.15, -0.1) is 0 Å². The molecule has 0 radical (unpaired) electrons. The molecule has 128 valence electrons. The Balaban J connectivity index is 1.87. The van der Waals surface area contributed by atoms with Crippen molar-refractivity contribution < 1.29 is 14.6 Å². The van der Waals surface area contributed by atoms with Crippen LogP contribution in [0.1, 0.15) is 31.4 Å². The number of hydrogen-bond donors (Lipinski definition) is 2. The van der Waals surface area contributed by atoms with E-state index in [0.29, 0.717) is 25.3 Å². The molecule has 0 saturated heterocycles. The molecule has 0 aliphatic heterocycles. The van der Waals surface area contributed by atoms with E-state index in [1.54, 1.807) is 26.2 Å². The van der Waals surface area contributed by atoms with Crippen molar-refractivity contribution >= 4 is 5.97 Å². The molecule has 5 nitrogen and oxygen atoms in total. The first-order valence-corrected chi connectivity index (χ1v) is 8.00. The van der Waals surface area contributed by atoms with E-state index in [0.717, 1.165) is 16.9 Å². The van der Waals surface area contributed by atoms with Crippen molar-refractivity contribution in [3.63, 3.8) is 0 Å². The van der Waals surface area contributed by atoms with Crippen molar-refractivity contribution in [1.82, 2.24) is 10.3 Å². The number of hydrogen-bond acceptors (Lipinski definition) is 4. The van der Waals surface area contributed by atoms with Gasteiger partial charge < -0.3 is 15.2 Å². The fourth-order valence-electron chi connectivity index (χ4n) is 2.21. The number of aryl methyl sites for hydroxylation is 1. The predicted molar refractivity (Wildman–Crippen MR) is 93.2 cm³/mol. The molecule has 2 rings (SSSR count). The van der Waals surface area contributed by atoms with Crippen LogP contribution in [0.3, 0.4) is 0 Å². The zero-order valence-electron chi connectivity index (χ0n) is 14.4. The minimum absolute atomic E-state index is 0.587. The van der Waals surface area contributed by atoms with E-state index in [1.807, 2.05) is 31.2 Å². The Labute approximate surface area is 142 Å². The smallest absolute Gasteiger partial charge is 0.309 e. The summed E-state index contributed by atoms with van der Waals surface area (Å²) in [5, 5.41) is 12.4. The fourth-order valence-corrected chi connectivity index (χ4v) is 2.21. The average molecular weight is 328 g/mol. The van der Waals surface area contributed by atoms with Crippen molar-refractivity contribution in [2.75, 3.05) is 6.54 Å². The molecule has 1 aromatic heterocycles. The second-order valence-electron chi connectivity index (χ2n) is 6.51. The Bertz CT molecular complexity index is 684. The zero-order valence-corrected chi connectivity index (χ0v) is 14.4. The molecule has 0 unspecified atom stereocenters. The monoisotopic (exact) mass is 328 g/mol. The largest absolute Gasteiger partial charge is 0.481 e. The van der Waals surface area contributed by atoms with Crippen molar-refractivity contribution in [1.29, 1.82) is 0 Å². The third-order valence-corrected chi connectivity index (χ3v) is 3.94. The molecule has 0 amide bonds. The van der Waals surface area contributed by atoms with Gasteiger partial charge in [-0.05, 0) is 63.1 Å². The first kappa shape index (κ1) is 17.9. The second kappa shape index (κ2) is 7.93. The summed E-state index contributed by atoms with van der Waals surface area (Å²) in [7, 11) is 0. The molecular weight excluding hydrogens is 304 g/mol. The highest BCUT2D eigenvalue weighted by Gasteiger charge is 2.26. The van der Waals surface area contributed by atoms with Crippen molar-refractivity contribution in [3.8, 4) is 11.5 Å². The summed E-state index contributed by atoms with van der Waals surface area (Å²) in [6.45, 7) is 6.84. The number of carbonyl (C=O) groups is 1. The van der Waals surface area contributed by atoms with Gasteiger partial charge in [0.15, 0.2) is 0 Å². The Morgan fingerprint density at radius 3 is 2.75 bits per heavy atom. The van der Waals surface area contributed by atoms with E-state index < -0.39 is 11.4 Å². The standard InChI is InChI=1S/C19H24N2O3/c1-14-11-15(12-21-10-8-19(2,3)18(22)23)6-7-17(14)24-16-5-4-9-20-13-16/h4-7,9,11,13,21H,8,10,12H2,1-3H3,(H,22,23). The van der Waals surface area contributed by atoms with Gasteiger partial charge >= 0.3 is 5.97 Å². The van der Waals surface area contributed by atoms with Gasteiger partial charge in [0.2, 0.25) is 0 Å². The van der Waals surface area contributed by atoms with Crippen LogP contribution in [0.25, 0.3) is 0 Å². The molecule has 0 saturated carbocycles. The summed E-state index contributed by atoms with van der Waals surface area (Å²) in [6.07, 6.45) is 3.97. The van der Waals surface area contributed by atoms with Gasteiger partial charge in [0.05, 0.1) is 11.6 Å². The summed E-state index contributed by atoms with van der Waals surface area (Å²) < 4.78 is 5.81. The third kappa shape index (κ3) is 5.06. The normalized spacial score (nSPS) is 11.3. The molecule has 0 atom stereocenters. The third-order valence-electron chi connectivity index (χ3n) is 3.94. The quantitative estimate of drug-likeness (QED) is 0.722. The summed E-state index contributed by atoms with van der Waals surface area (Å²) in [5.74, 6) is 0.748. The lowest BCUT2D eigenvalue weighted by Gasteiger charge is -2.19. The fraction of sp³-hybridized carbons (Fsp3) is 0.368. The minimum atomic E-state index is -0.767. The molecule has 0 aliphatic rings. The number of aromatic nitrogens is 1. The number of carboxylic acid groups (broad SMARTS) is 1. The SMILES string of the molecule is Cc1cc(CNCCC(C)(C)C(=O)O)ccc1Oc1cccnc1. The summed E-state index contributed by atoms with van der Waals surface area (Å²) in [4.78, 5) is 15.1. The molecule has 5 heteroatoms. The van der Waals surface area contributed by atoms with E-state index in [9.17, 15) is 4.79 Å². The first-order chi connectivity index (χ1) is 11.4. The van der Waals surface area contributed by atoms with Gasteiger partial charge in [-0.2, -0.15) is 0 Å². The van der Waals surface area contributed by atoms with Gasteiger partial charge in [-0.25, -0.2) is 0 Å². The number of nitrogens with one attached hydrogen (secondary N) is 1. The first-order valence-electron chi connectivity index (χ1n) is 8.00.